The van der Waals surface area contributed by atoms with E-state index in [-0.39, 0.29) is 18.0 Å². The highest BCUT2D eigenvalue weighted by molar-refractivity contribution is 6.35. The highest BCUT2D eigenvalue weighted by atomic mass is 35.5. The normalized spacial score (nSPS) is 12.4. The third-order valence-electron chi connectivity index (χ3n) is 2.99. The van der Waals surface area contributed by atoms with E-state index in [2.05, 4.69) is 0 Å². The SMILES string of the molecule is NC(Cc1cc(F)ccc1F)Cc1ccc(Cl)cc1Cl. The molecular weight excluding hydrogens is 303 g/mol. The van der Waals surface area contributed by atoms with Crippen molar-refractivity contribution >= 4 is 23.2 Å². The first kappa shape index (κ1) is 15.2. The number of benzene rings is 2. The van der Waals surface area contributed by atoms with E-state index in [0.29, 0.717) is 16.5 Å². The smallest absolute Gasteiger partial charge is 0.126 e. The van der Waals surface area contributed by atoms with E-state index in [1.54, 1.807) is 18.2 Å². The van der Waals surface area contributed by atoms with Gasteiger partial charge < -0.3 is 5.73 Å². The Morgan fingerprint density at radius 1 is 0.950 bits per heavy atom. The number of rotatable bonds is 4. The van der Waals surface area contributed by atoms with Crippen molar-refractivity contribution in [2.75, 3.05) is 0 Å². The molecule has 0 aliphatic rings. The monoisotopic (exact) mass is 315 g/mol. The van der Waals surface area contributed by atoms with Crippen molar-refractivity contribution in [3.05, 3.63) is 69.2 Å². The van der Waals surface area contributed by atoms with Crippen LogP contribution < -0.4 is 5.73 Å². The number of halogens is 4. The molecule has 0 aromatic heterocycles. The second kappa shape index (κ2) is 6.53. The summed E-state index contributed by atoms with van der Waals surface area (Å²) in [7, 11) is 0. The third kappa shape index (κ3) is 3.92. The van der Waals surface area contributed by atoms with E-state index in [0.717, 1.165) is 17.7 Å². The molecule has 20 heavy (non-hydrogen) atoms. The minimum Gasteiger partial charge on any atom is -0.327 e. The van der Waals surface area contributed by atoms with Gasteiger partial charge in [-0.2, -0.15) is 0 Å². The van der Waals surface area contributed by atoms with Gasteiger partial charge in [-0.15, -0.1) is 0 Å². The summed E-state index contributed by atoms with van der Waals surface area (Å²) in [6, 6.07) is 8.13. The Balaban J connectivity index is 2.08. The molecule has 2 aromatic carbocycles. The van der Waals surface area contributed by atoms with Gasteiger partial charge in [0.25, 0.3) is 0 Å². The van der Waals surface area contributed by atoms with Crippen LogP contribution in [0, 0.1) is 11.6 Å². The van der Waals surface area contributed by atoms with Crippen LogP contribution in [0.25, 0.3) is 0 Å². The van der Waals surface area contributed by atoms with Crippen molar-refractivity contribution in [2.24, 2.45) is 5.73 Å². The Morgan fingerprint density at radius 3 is 2.35 bits per heavy atom. The lowest BCUT2D eigenvalue weighted by Crippen LogP contribution is -2.26. The summed E-state index contributed by atoms with van der Waals surface area (Å²) in [4.78, 5) is 0. The molecule has 0 amide bonds. The molecule has 0 aliphatic carbocycles. The second-order valence-corrected chi connectivity index (χ2v) is 5.48. The molecule has 0 fully saturated rings. The molecular formula is C15H13Cl2F2N. The third-order valence-corrected chi connectivity index (χ3v) is 3.57. The number of hydrogen-bond acceptors (Lipinski definition) is 1. The van der Waals surface area contributed by atoms with Crippen LogP contribution in [0.15, 0.2) is 36.4 Å². The van der Waals surface area contributed by atoms with Crippen LogP contribution in [0.1, 0.15) is 11.1 Å². The molecule has 106 valence electrons. The van der Waals surface area contributed by atoms with Gasteiger partial charge in [-0.3, -0.25) is 0 Å². The summed E-state index contributed by atoms with van der Waals surface area (Å²) < 4.78 is 26.6. The first-order chi connectivity index (χ1) is 9.45. The van der Waals surface area contributed by atoms with E-state index in [9.17, 15) is 8.78 Å². The predicted molar refractivity (Wildman–Crippen MR) is 78.2 cm³/mol. The minimum absolute atomic E-state index is 0.239. The molecule has 1 unspecified atom stereocenters. The molecule has 5 heteroatoms. The van der Waals surface area contributed by atoms with Crippen LogP contribution in [-0.2, 0) is 12.8 Å². The van der Waals surface area contributed by atoms with Gasteiger partial charge in [0.1, 0.15) is 11.6 Å². The number of hydrogen-bond donors (Lipinski definition) is 1. The summed E-state index contributed by atoms with van der Waals surface area (Å²) in [5, 5.41) is 1.07. The molecule has 2 N–H and O–H groups in total. The largest absolute Gasteiger partial charge is 0.327 e. The lowest BCUT2D eigenvalue weighted by molar-refractivity contribution is 0.566. The lowest BCUT2D eigenvalue weighted by atomic mass is 9.99. The quantitative estimate of drug-likeness (QED) is 0.890. The standard InChI is InChI=1S/C15H13Cl2F2N/c16-11-2-1-9(14(17)8-11)6-13(20)7-10-5-12(18)3-4-15(10)19/h1-5,8,13H,6-7,20H2. The van der Waals surface area contributed by atoms with Gasteiger partial charge in [0.05, 0.1) is 0 Å². The predicted octanol–water partition coefficient (Wildman–Crippen LogP) is 4.38. The van der Waals surface area contributed by atoms with Gasteiger partial charge in [0.2, 0.25) is 0 Å². The van der Waals surface area contributed by atoms with Crippen LogP contribution in [0.4, 0.5) is 8.78 Å². The average molecular weight is 316 g/mol. The topological polar surface area (TPSA) is 26.0 Å². The van der Waals surface area contributed by atoms with E-state index in [1.165, 1.54) is 6.07 Å². The number of nitrogens with two attached hydrogens (primary N) is 1. The van der Waals surface area contributed by atoms with E-state index in [4.69, 9.17) is 28.9 Å². The Hall–Kier alpha value is -1.16. The summed E-state index contributed by atoms with van der Waals surface area (Å²) in [6.07, 6.45) is 0.703. The molecule has 0 aliphatic heterocycles. The van der Waals surface area contributed by atoms with E-state index >= 15 is 0 Å². The van der Waals surface area contributed by atoms with Crippen molar-refractivity contribution in [3.63, 3.8) is 0 Å². The minimum atomic E-state index is -0.474. The summed E-state index contributed by atoms with van der Waals surface area (Å²) in [6.45, 7) is 0. The van der Waals surface area contributed by atoms with Crippen LogP contribution in [-0.4, -0.2) is 6.04 Å². The maximum absolute atomic E-state index is 13.5. The average Bonchev–Trinajstić information content (AvgIpc) is 2.37. The van der Waals surface area contributed by atoms with Crippen LogP contribution in [0.5, 0.6) is 0 Å². The molecule has 0 saturated heterocycles. The molecule has 0 bridgehead atoms. The summed E-state index contributed by atoms with van der Waals surface area (Å²) in [5.74, 6) is -0.929. The van der Waals surface area contributed by atoms with E-state index < -0.39 is 11.6 Å². The Kier molecular flexibility index (Phi) is 4.97. The molecule has 0 radical (unpaired) electrons. The Morgan fingerprint density at radius 2 is 1.65 bits per heavy atom. The van der Waals surface area contributed by atoms with Gasteiger partial charge in [-0.05, 0) is 54.3 Å². The molecule has 1 atom stereocenters. The van der Waals surface area contributed by atoms with Gasteiger partial charge >= 0.3 is 0 Å². The highest BCUT2D eigenvalue weighted by Gasteiger charge is 2.12. The van der Waals surface area contributed by atoms with Gasteiger partial charge in [-0.25, -0.2) is 8.78 Å². The Labute approximate surface area is 126 Å². The fraction of sp³-hybridized carbons (Fsp3) is 0.200. The zero-order chi connectivity index (χ0) is 14.7. The van der Waals surface area contributed by atoms with Gasteiger partial charge in [0, 0.05) is 16.1 Å². The zero-order valence-corrected chi connectivity index (χ0v) is 12.1. The zero-order valence-electron chi connectivity index (χ0n) is 10.5. The molecule has 2 aromatic rings. The first-order valence-electron chi connectivity index (χ1n) is 6.09. The van der Waals surface area contributed by atoms with Crippen molar-refractivity contribution in [3.8, 4) is 0 Å². The van der Waals surface area contributed by atoms with Gasteiger partial charge in [0.15, 0.2) is 0 Å². The summed E-state index contributed by atoms with van der Waals surface area (Å²) >= 11 is 11.9. The van der Waals surface area contributed by atoms with Crippen LogP contribution in [0.2, 0.25) is 10.0 Å². The maximum Gasteiger partial charge on any atom is 0.126 e. The first-order valence-corrected chi connectivity index (χ1v) is 6.84. The molecule has 0 heterocycles. The highest BCUT2D eigenvalue weighted by Crippen LogP contribution is 2.22. The fourth-order valence-electron chi connectivity index (χ4n) is 2.02. The van der Waals surface area contributed by atoms with Crippen molar-refractivity contribution < 1.29 is 8.78 Å². The molecule has 0 saturated carbocycles. The molecule has 0 spiro atoms. The van der Waals surface area contributed by atoms with E-state index in [1.807, 2.05) is 0 Å². The maximum atomic E-state index is 13.5. The van der Waals surface area contributed by atoms with Crippen molar-refractivity contribution in [1.82, 2.24) is 0 Å². The second-order valence-electron chi connectivity index (χ2n) is 4.64. The molecule has 1 nitrogen and oxygen atoms in total. The Bertz CT molecular complexity index is 617. The van der Waals surface area contributed by atoms with Crippen molar-refractivity contribution in [2.45, 2.75) is 18.9 Å². The molecule has 2 rings (SSSR count). The fourth-order valence-corrected chi connectivity index (χ4v) is 2.51. The lowest BCUT2D eigenvalue weighted by Gasteiger charge is -2.13. The van der Waals surface area contributed by atoms with Crippen molar-refractivity contribution in [1.29, 1.82) is 0 Å². The summed E-state index contributed by atoms with van der Waals surface area (Å²) in [5.41, 5.74) is 7.08. The van der Waals surface area contributed by atoms with Crippen LogP contribution in [0.3, 0.4) is 0 Å². The van der Waals surface area contributed by atoms with Gasteiger partial charge in [-0.1, -0.05) is 29.3 Å². The van der Waals surface area contributed by atoms with Crippen LogP contribution >= 0.6 is 23.2 Å².